The lowest BCUT2D eigenvalue weighted by molar-refractivity contribution is 0.415. The zero-order valence-electron chi connectivity index (χ0n) is 13.1. The van der Waals surface area contributed by atoms with Crippen molar-refractivity contribution in [3.8, 4) is 5.75 Å². The van der Waals surface area contributed by atoms with Gasteiger partial charge in [-0.15, -0.1) is 0 Å². The van der Waals surface area contributed by atoms with Crippen molar-refractivity contribution in [1.29, 1.82) is 0 Å². The fraction of sp³-hybridized carbons (Fsp3) is 0.375. The Balaban J connectivity index is 2.11. The SMILES string of the molecule is CCCCN(C)c1ccnc(Nc2ccc(OC)c(Cl)c2)n1. The summed E-state index contributed by atoms with van der Waals surface area (Å²) in [6.45, 7) is 3.15. The second-order valence-corrected chi connectivity index (χ2v) is 5.40. The number of aromatic nitrogens is 2. The average Bonchev–Trinajstić information content (AvgIpc) is 2.53. The molecule has 0 atom stereocenters. The van der Waals surface area contributed by atoms with E-state index in [1.165, 1.54) is 0 Å². The molecular weight excluding hydrogens is 300 g/mol. The lowest BCUT2D eigenvalue weighted by atomic mass is 10.3. The van der Waals surface area contributed by atoms with E-state index in [-0.39, 0.29) is 0 Å². The Morgan fingerprint density at radius 1 is 1.32 bits per heavy atom. The molecule has 0 unspecified atom stereocenters. The molecule has 0 radical (unpaired) electrons. The number of unbranched alkanes of at least 4 members (excludes halogenated alkanes) is 1. The number of halogens is 1. The van der Waals surface area contributed by atoms with Gasteiger partial charge < -0.3 is 15.0 Å². The molecule has 0 amide bonds. The molecule has 0 saturated heterocycles. The van der Waals surface area contributed by atoms with Crippen molar-refractivity contribution in [2.24, 2.45) is 0 Å². The van der Waals surface area contributed by atoms with Crippen LogP contribution in [0.3, 0.4) is 0 Å². The zero-order valence-corrected chi connectivity index (χ0v) is 13.9. The third-order valence-electron chi connectivity index (χ3n) is 3.29. The van der Waals surface area contributed by atoms with Crippen molar-refractivity contribution < 1.29 is 4.74 Å². The first-order valence-electron chi connectivity index (χ1n) is 7.28. The number of methoxy groups -OCH3 is 1. The second kappa shape index (κ2) is 7.84. The molecule has 6 heteroatoms. The van der Waals surface area contributed by atoms with Gasteiger partial charge in [-0.1, -0.05) is 24.9 Å². The Labute approximate surface area is 136 Å². The van der Waals surface area contributed by atoms with Gasteiger partial charge >= 0.3 is 0 Å². The lowest BCUT2D eigenvalue weighted by Gasteiger charge is -2.18. The van der Waals surface area contributed by atoms with Crippen molar-refractivity contribution >= 4 is 29.1 Å². The highest BCUT2D eigenvalue weighted by atomic mass is 35.5. The molecule has 1 N–H and O–H groups in total. The number of nitrogens with one attached hydrogen (secondary N) is 1. The summed E-state index contributed by atoms with van der Waals surface area (Å²) in [6.07, 6.45) is 4.04. The minimum Gasteiger partial charge on any atom is -0.495 e. The third kappa shape index (κ3) is 4.24. The summed E-state index contributed by atoms with van der Waals surface area (Å²) >= 11 is 6.12. The predicted molar refractivity (Wildman–Crippen MR) is 91.5 cm³/mol. The van der Waals surface area contributed by atoms with Gasteiger partial charge in [0.15, 0.2) is 0 Å². The molecule has 22 heavy (non-hydrogen) atoms. The molecule has 0 saturated carbocycles. The molecule has 0 spiro atoms. The van der Waals surface area contributed by atoms with E-state index in [9.17, 15) is 0 Å². The molecule has 0 fully saturated rings. The van der Waals surface area contributed by atoms with Crippen LogP contribution in [-0.4, -0.2) is 30.7 Å². The molecule has 2 rings (SSSR count). The zero-order chi connectivity index (χ0) is 15.9. The molecule has 1 aromatic carbocycles. The molecule has 1 aromatic heterocycles. The first-order valence-corrected chi connectivity index (χ1v) is 7.66. The summed E-state index contributed by atoms with van der Waals surface area (Å²) in [5.74, 6) is 2.08. The highest BCUT2D eigenvalue weighted by molar-refractivity contribution is 6.32. The van der Waals surface area contributed by atoms with Crippen LogP contribution in [0.2, 0.25) is 5.02 Å². The number of ether oxygens (including phenoxy) is 1. The van der Waals surface area contributed by atoms with Gasteiger partial charge in [0.2, 0.25) is 5.95 Å². The minimum absolute atomic E-state index is 0.544. The lowest BCUT2D eigenvalue weighted by Crippen LogP contribution is -2.19. The average molecular weight is 321 g/mol. The van der Waals surface area contributed by atoms with Crippen molar-refractivity contribution in [2.45, 2.75) is 19.8 Å². The second-order valence-electron chi connectivity index (χ2n) is 4.99. The quantitative estimate of drug-likeness (QED) is 0.831. The predicted octanol–water partition coefficient (Wildman–Crippen LogP) is 4.12. The fourth-order valence-corrected chi connectivity index (χ4v) is 2.26. The Kier molecular flexibility index (Phi) is 5.83. The van der Waals surface area contributed by atoms with Gasteiger partial charge in [0.1, 0.15) is 11.6 Å². The molecule has 118 valence electrons. The minimum atomic E-state index is 0.544. The van der Waals surface area contributed by atoms with Gasteiger partial charge in [0, 0.05) is 25.5 Å². The van der Waals surface area contributed by atoms with Gasteiger partial charge in [-0.25, -0.2) is 4.98 Å². The maximum atomic E-state index is 6.12. The fourth-order valence-electron chi connectivity index (χ4n) is 2.01. The summed E-state index contributed by atoms with van der Waals surface area (Å²) in [7, 11) is 3.62. The molecule has 0 bridgehead atoms. The summed E-state index contributed by atoms with van der Waals surface area (Å²) in [4.78, 5) is 10.9. The molecule has 0 aliphatic rings. The van der Waals surface area contributed by atoms with Crippen LogP contribution in [0, 0.1) is 0 Å². The van der Waals surface area contributed by atoms with E-state index in [4.69, 9.17) is 16.3 Å². The Morgan fingerprint density at radius 3 is 2.82 bits per heavy atom. The van der Waals surface area contributed by atoms with Crippen LogP contribution < -0.4 is 15.0 Å². The van der Waals surface area contributed by atoms with E-state index >= 15 is 0 Å². The van der Waals surface area contributed by atoms with Gasteiger partial charge in [0.05, 0.1) is 12.1 Å². The van der Waals surface area contributed by atoms with E-state index in [1.54, 1.807) is 19.4 Å². The number of hydrogen-bond donors (Lipinski definition) is 1. The highest BCUT2D eigenvalue weighted by Crippen LogP contribution is 2.28. The number of rotatable bonds is 7. The Bertz CT molecular complexity index is 621. The summed E-state index contributed by atoms with van der Waals surface area (Å²) in [6, 6.07) is 7.38. The normalized spacial score (nSPS) is 10.4. The van der Waals surface area contributed by atoms with E-state index in [1.807, 2.05) is 25.2 Å². The van der Waals surface area contributed by atoms with E-state index in [2.05, 4.69) is 27.1 Å². The maximum Gasteiger partial charge on any atom is 0.229 e. The van der Waals surface area contributed by atoms with Crippen LogP contribution in [0.15, 0.2) is 30.5 Å². The van der Waals surface area contributed by atoms with Crippen LogP contribution in [0.5, 0.6) is 5.75 Å². The van der Waals surface area contributed by atoms with Gasteiger partial charge in [-0.2, -0.15) is 4.98 Å². The smallest absolute Gasteiger partial charge is 0.229 e. The number of hydrogen-bond acceptors (Lipinski definition) is 5. The van der Waals surface area contributed by atoms with Crippen molar-refractivity contribution in [3.63, 3.8) is 0 Å². The Hall–Kier alpha value is -2.01. The van der Waals surface area contributed by atoms with Crippen LogP contribution in [0.1, 0.15) is 19.8 Å². The number of anilines is 3. The first-order chi connectivity index (χ1) is 10.6. The van der Waals surface area contributed by atoms with E-state index in [0.29, 0.717) is 16.7 Å². The van der Waals surface area contributed by atoms with Crippen molar-refractivity contribution in [3.05, 3.63) is 35.5 Å². The standard InChI is InChI=1S/C16H21ClN4O/c1-4-5-10-21(2)15-8-9-18-16(20-15)19-12-6-7-14(22-3)13(17)11-12/h6-9,11H,4-5,10H2,1-3H3,(H,18,19,20). The van der Waals surface area contributed by atoms with Crippen LogP contribution in [0.4, 0.5) is 17.5 Å². The molecule has 5 nitrogen and oxygen atoms in total. The van der Waals surface area contributed by atoms with E-state index < -0.39 is 0 Å². The monoisotopic (exact) mass is 320 g/mol. The number of nitrogens with zero attached hydrogens (tertiary/aromatic N) is 3. The summed E-state index contributed by atoms with van der Waals surface area (Å²) < 4.78 is 5.14. The molecular formula is C16H21ClN4O. The van der Waals surface area contributed by atoms with Crippen molar-refractivity contribution in [2.75, 3.05) is 30.9 Å². The van der Waals surface area contributed by atoms with Gasteiger partial charge in [-0.05, 0) is 30.7 Å². The molecule has 2 aromatic rings. The number of benzene rings is 1. The highest BCUT2D eigenvalue weighted by Gasteiger charge is 2.06. The third-order valence-corrected chi connectivity index (χ3v) is 3.58. The van der Waals surface area contributed by atoms with Crippen LogP contribution in [-0.2, 0) is 0 Å². The van der Waals surface area contributed by atoms with Crippen LogP contribution >= 0.6 is 11.6 Å². The molecule has 0 aliphatic heterocycles. The van der Waals surface area contributed by atoms with E-state index in [0.717, 1.165) is 30.9 Å². The van der Waals surface area contributed by atoms with Gasteiger partial charge in [-0.3, -0.25) is 0 Å². The molecule has 1 heterocycles. The molecule has 0 aliphatic carbocycles. The topological polar surface area (TPSA) is 50.3 Å². The van der Waals surface area contributed by atoms with Gasteiger partial charge in [0.25, 0.3) is 0 Å². The van der Waals surface area contributed by atoms with Crippen LogP contribution in [0.25, 0.3) is 0 Å². The van der Waals surface area contributed by atoms with Crippen molar-refractivity contribution in [1.82, 2.24) is 9.97 Å². The largest absolute Gasteiger partial charge is 0.495 e. The summed E-state index contributed by atoms with van der Waals surface area (Å²) in [5.41, 5.74) is 0.819. The Morgan fingerprint density at radius 2 is 2.14 bits per heavy atom. The summed E-state index contributed by atoms with van der Waals surface area (Å²) in [5, 5.41) is 3.70. The first kappa shape index (κ1) is 16.4. The maximum absolute atomic E-state index is 6.12.